The first kappa shape index (κ1) is 14.3. The van der Waals surface area contributed by atoms with Crippen LogP contribution in [0, 0.1) is 17.8 Å². The average molecular weight is 342 g/mol. The number of fused-ring (bicyclic) bond motifs is 3. The molecule has 5 rings (SSSR count). The van der Waals surface area contributed by atoms with E-state index in [-0.39, 0.29) is 18.6 Å². The number of anilines is 1. The lowest BCUT2D eigenvalue weighted by molar-refractivity contribution is -0.121. The van der Waals surface area contributed by atoms with E-state index in [9.17, 15) is 4.79 Å². The van der Waals surface area contributed by atoms with Gasteiger partial charge in [-0.05, 0) is 49.3 Å². The van der Waals surface area contributed by atoms with Crippen LogP contribution in [0.1, 0.15) is 25.7 Å². The van der Waals surface area contributed by atoms with Crippen molar-refractivity contribution in [2.24, 2.45) is 17.8 Å². The topological polar surface area (TPSA) is 60.5 Å². The number of nitrogens with zero attached hydrogens (tertiary/aromatic N) is 1. The third-order valence-electron chi connectivity index (χ3n) is 5.48. The third-order valence-corrected chi connectivity index (χ3v) is 6.24. The lowest BCUT2D eigenvalue weighted by atomic mass is 9.88. The highest BCUT2D eigenvalue weighted by atomic mass is 32.1. The monoisotopic (exact) mass is 342 g/mol. The van der Waals surface area contributed by atoms with E-state index in [0.717, 1.165) is 35.1 Å². The minimum Gasteiger partial charge on any atom is -0.454 e. The van der Waals surface area contributed by atoms with Crippen LogP contribution >= 0.6 is 11.3 Å². The molecule has 3 atom stereocenters. The summed E-state index contributed by atoms with van der Waals surface area (Å²) in [6.45, 7) is 0.265. The van der Waals surface area contributed by atoms with Crippen LogP contribution < -0.4 is 14.8 Å². The second-order valence-corrected chi connectivity index (χ2v) is 7.73. The number of aromatic nitrogens is 1. The average Bonchev–Trinajstić information content (AvgIpc) is 3.37. The quantitative estimate of drug-likeness (QED) is 0.918. The van der Waals surface area contributed by atoms with Crippen LogP contribution in [0.3, 0.4) is 0 Å². The van der Waals surface area contributed by atoms with Crippen LogP contribution in [0.15, 0.2) is 23.6 Å². The van der Waals surface area contributed by atoms with E-state index < -0.39 is 0 Å². The Morgan fingerprint density at radius 1 is 1.21 bits per heavy atom. The molecular weight excluding hydrogens is 324 g/mol. The maximum Gasteiger partial charge on any atom is 0.231 e. The lowest BCUT2D eigenvalue weighted by Crippen LogP contribution is -2.27. The molecule has 2 heterocycles. The number of hydrogen-bond donors (Lipinski definition) is 1. The predicted octanol–water partition coefficient (Wildman–Crippen LogP) is 3.91. The fraction of sp³-hybridized carbons (Fsp3) is 0.444. The first-order chi connectivity index (χ1) is 11.8. The summed E-state index contributed by atoms with van der Waals surface area (Å²) in [7, 11) is 0. The summed E-state index contributed by atoms with van der Waals surface area (Å²) in [4.78, 5) is 17.1. The molecule has 5 nitrogen and oxygen atoms in total. The molecule has 1 aliphatic heterocycles. The molecule has 0 radical (unpaired) electrons. The molecule has 6 heteroatoms. The molecule has 2 fully saturated rings. The Bertz CT molecular complexity index is 803. The van der Waals surface area contributed by atoms with Crippen LogP contribution in [-0.4, -0.2) is 17.7 Å². The van der Waals surface area contributed by atoms with Crippen molar-refractivity contribution in [3.8, 4) is 22.8 Å². The van der Waals surface area contributed by atoms with Gasteiger partial charge < -0.3 is 14.8 Å². The molecule has 2 aliphatic carbocycles. The Balaban J connectivity index is 1.31. The van der Waals surface area contributed by atoms with E-state index in [0.29, 0.717) is 11.0 Å². The molecule has 0 spiro atoms. The molecule has 2 bridgehead atoms. The van der Waals surface area contributed by atoms with Gasteiger partial charge >= 0.3 is 0 Å². The summed E-state index contributed by atoms with van der Waals surface area (Å²) in [5.74, 6) is 3.19. The van der Waals surface area contributed by atoms with Crippen molar-refractivity contribution in [1.29, 1.82) is 0 Å². The van der Waals surface area contributed by atoms with Gasteiger partial charge in [0.25, 0.3) is 0 Å². The zero-order valence-electron chi connectivity index (χ0n) is 13.2. The number of ether oxygens (including phenoxy) is 2. The zero-order valence-corrected chi connectivity index (χ0v) is 14.0. The molecule has 3 aliphatic rings. The maximum absolute atomic E-state index is 12.5. The van der Waals surface area contributed by atoms with E-state index in [1.54, 1.807) is 0 Å². The minimum absolute atomic E-state index is 0.147. The summed E-state index contributed by atoms with van der Waals surface area (Å²) in [5, 5.41) is 5.67. The third kappa shape index (κ3) is 2.36. The van der Waals surface area contributed by atoms with Gasteiger partial charge in [0.15, 0.2) is 16.6 Å². The second-order valence-electron chi connectivity index (χ2n) is 6.88. The largest absolute Gasteiger partial charge is 0.454 e. The number of thiazole rings is 1. The summed E-state index contributed by atoms with van der Waals surface area (Å²) in [5.41, 5.74) is 1.82. The van der Waals surface area contributed by atoms with Crippen LogP contribution in [0.4, 0.5) is 5.13 Å². The van der Waals surface area contributed by atoms with E-state index in [4.69, 9.17) is 9.47 Å². The lowest BCUT2D eigenvalue weighted by Gasteiger charge is -2.19. The highest BCUT2D eigenvalue weighted by Crippen LogP contribution is 2.48. The summed E-state index contributed by atoms with van der Waals surface area (Å²) >= 11 is 1.47. The number of hydrogen-bond acceptors (Lipinski definition) is 5. The van der Waals surface area contributed by atoms with Crippen molar-refractivity contribution in [2.45, 2.75) is 25.7 Å². The molecule has 2 aromatic rings. The molecule has 124 valence electrons. The number of rotatable bonds is 3. The van der Waals surface area contributed by atoms with Crippen LogP contribution in [0.5, 0.6) is 11.5 Å². The maximum atomic E-state index is 12.5. The summed E-state index contributed by atoms with van der Waals surface area (Å²) < 4.78 is 10.7. The smallest absolute Gasteiger partial charge is 0.231 e. The Morgan fingerprint density at radius 3 is 2.96 bits per heavy atom. The molecule has 0 saturated heterocycles. The van der Waals surface area contributed by atoms with Gasteiger partial charge in [0.05, 0.1) is 5.69 Å². The van der Waals surface area contributed by atoms with Gasteiger partial charge in [-0.15, -0.1) is 11.3 Å². The highest BCUT2D eigenvalue weighted by Gasteiger charge is 2.43. The molecule has 24 heavy (non-hydrogen) atoms. The van der Waals surface area contributed by atoms with Crippen molar-refractivity contribution in [3.05, 3.63) is 23.6 Å². The zero-order chi connectivity index (χ0) is 16.1. The van der Waals surface area contributed by atoms with Gasteiger partial charge in [0.2, 0.25) is 12.7 Å². The molecule has 1 aromatic carbocycles. The minimum atomic E-state index is 0.147. The van der Waals surface area contributed by atoms with E-state index in [1.807, 2.05) is 23.6 Å². The summed E-state index contributed by atoms with van der Waals surface area (Å²) in [6.07, 6.45) is 4.80. The normalized spacial score (nSPS) is 26.8. The standard InChI is InChI=1S/C18H18N2O3S/c21-17(13-6-10-1-2-11(13)5-10)20-18-19-14(8-24-18)12-3-4-15-16(7-12)23-9-22-15/h3-4,7-8,10-11,13H,1-2,5-6,9H2,(H,19,20,21). The number of carbonyl (C=O) groups excluding carboxylic acids is 1. The van der Waals surface area contributed by atoms with Gasteiger partial charge in [0, 0.05) is 16.9 Å². The summed E-state index contributed by atoms with van der Waals surface area (Å²) in [6, 6.07) is 5.79. The van der Waals surface area contributed by atoms with Gasteiger partial charge in [-0.25, -0.2) is 4.98 Å². The number of carbonyl (C=O) groups is 1. The van der Waals surface area contributed by atoms with E-state index in [1.165, 1.54) is 30.6 Å². The van der Waals surface area contributed by atoms with Gasteiger partial charge in [0.1, 0.15) is 0 Å². The SMILES string of the molecule is O=C(Nc1nc(-c2ccc3c(c2)OCO3)cs1)C1CC2CCC1C2. The first-order valence-electron chi connectivity index (χ1n) is 8.42. The predicted molar refractivity (Wildman–Crippen MR) is 91.2 cm³/mol. The van der Waals surface area contributed by atoms with Gasteiger partial charge in [-0.2, -0.15) is 0 Å². The van der Waals surface area contributed by atoms with Crippen LogP contribution in [0.25, 0.3) is 11.3 Å². The molecule has 1 aromatic heterocycles. The fourth-order valence-electron chi connectivity index (χ4n) is 4.28. The van der Waals surface area contributed by atoms with Crippen molar-refractivity contribution in [2.75, 3.05) is 12.1 Å². The number of nitrogens with one attached hydrogen (secondary N) is 1. The van der Waals surface area contributed by atoms with Crippen molar-refractivity contribution >= 4 is 22.4 Å². The first-order valence-corrected chi connectivity index (χ1v) is 9.30. The van der Waals surface area contributed by atoms with Crippen LogP contribution in [-0.2, 0) is 4.79 Å². The molecule has 1 amide bonds. The Morgan fingerprint density at radius 2 is 2.12 bits per heavy atom. The fourth-order valence-corrected chi connectivity index (χ4v) is 5.01. The Hall–Kier alpha value is -2.08. The number of amides is 1. The Kier molecular flexibility index (Phi) is 3.26. The molecule has 2 saturated carbocycles. The molecular formula is C18H18N2O3S. The van der Waals surface area contributed by atoms with Crippen molar-refractivity contribution < 1.29 is 14.3 Å². The number of benzene rings is 1. The highest BCUT2D eigenvalue weighted by molar-refractivity contribution is 7.14. The van der Waals surface area contributed by atoms with Crippen molar-refractivity contribution in [3.63, 3.8) is 0 Å². The Labute approximate surface area is 144 Å². The second kappa shape index (κ2) is 5.48. The van der Waals surface area contributed by atoms with Crippen LogP contribution in [0.2, 0.25) is 0 Å². The van der Waals surface area contributed by atoms with E-state index in [2.05, 4.69) is 10.3 Å². The van der Waals surface area contributed by atoms with Gasteiger partial charge in [-0.1, -0.05) is 6.42 Å². The molecule has 3 unspecified atom stereocenters. The van der Waals surface area contributed by atoms with Gasteiger partial charge in [-0.3, -0.25) is 4.79 Å². The molecule has 1 N–H and O–H groups in total. The van der Waals surface area contributed by atoms with Crippen molar-refractivity contribution in [1.82, 2.24) is 4.98 Å². The van der Waals surface area contributed by atoms with E-state index >= 15 is 0 Å².